The minimum atomic E-state index is -3.52. The third kappa shape index (κ3) is 3.61. The third-order valence-corrected chi connectivity index (χ3v) is 5.22. The molecule has 1 unspecified atom stereocenters. The monoisotopic (exact) mass is 309 g/mol. The molecule has 1 heterocycles. The minimum absolute atomic E-state index is 0.0528. The predicted molar refractivity (Wildman–Crippen MR) is 78.5 cm³/mol. The summed E-state index contributed by atoms with van der Waals surface area (Å²) in [4.78, 5) is 12.3. The van der Waals surface area contributed by atoms with Crippen molar-refractivity contribution in [1.29, 1.82) is 0 Å². The number of rotatable bonds is 5. The lowest BCUT2D eigenvalue weighted by Crippen LogP contribution is -2.36. The molecule has 1 aromatic rings. The van der Waals surface area contributed by atoms with Gasteiger partial charge in [0, 0.05) is 24.2 Å². The van der Waals surface area contributed by atoms with Crippen LogP contribution < -0.4 is 15.4 Å². The lowest BCUT2D eigenvalue weighted by molar-refractivity contribution is 0.0940. The second-order valence-corrected chi connectivity index (χ2v) is 7.30. The molecular formula is C14H19N3O3S. The van der Waals surface area contributed by atoms with Crippen LogP contribution in [0.25, 0.3) is 0 Å². The number of carbonyl (C=O) groups excluding carboxylic acids is 1. The van der Waals surface area contributed by atoms with Crippen molar-refractivity contribution in [3.8, 4) is 0 Å². The largest absolute Gasteiger partial charge is 0.348 e. The third-order valence-electron chi connectivity index (χ3n) is 3.70. The molecule has 2 aliphatic rings. The maximum Gasteiger partial charge on any atom is 0.251 e. The highest BCUT2D eigenvalue weighted by Crippen LogP contribution is 2.22. The van der Waals surface area contributed by atoms with Gasteiger partial charge in [0.15, 0.2) is 0 Å². The van der Waals surface area contributed by atoms with Crippen molar-refractivity contribution in [3.63, 3.8) is 0 Å². The highest BCUT2D eigenvalue weighted by atomic mass is 32.2. The van der Waals surface area contributed by atoms with Gasteiger partial charge >= 0.3 is 0 Å². The fourth-order valence-corrected chi connectivity index (χ4v) is 3.69. The second-order valence-electron chi connectivity index (χ2n) is 5.59. The van der Waals surface area contributed by atoms with Crippen molar-refractivity contribution < 1.29 is 13.2 Å². The van der Waals surface area contributed by atoms with Crippen LogP contribution in [-0.4, -0.2) is 39.5 Å². The highest BCUT2D eigenvalue weighted by Gasteiger charge is 2.28. The Kier molecular flexibility index (Phi) is 3.97. The Bertz CT molecular complexity index is 635. The molecule has 2 fully saturated rings. The van der Waals surface area contributed by atoms with E-state index >= 15 is 0 Å². The fourth-order valence-electron chi connectivity index (χ4n) is 2.34. The molecule has 114 valence electrons. The highest BCUT2D eigenvalue weighted by molar-refractivity contribution is 7.89. The van der Waals surface area contributed by atoms with E-state index in [-0.39, 0.29) is 22.9 Å². The Labute approximate surface area is 124 Å². The summed E-state index contributed by atoms with van der Waals surface area (Å²) in [6.07, 6.45) is 2.66. The maximum absolute atomic E-state index is 12.2. The zero-order valence-corrected chi connectivity index (χ0v) is 12.4. The van der Waals surface area contributed by atoms with Crippen molar-refractivity contribution in [2.75, 3.05) is 13.1 Å². The van der Waals surface area contributed by atoms with Gasteiger partial charge in [-0.25, -0.2) is 13.1 Å². The summed E-state index contributed by atoms with van der Waals surface area (Å²) in [5.41, 5.74) is 0.376. The number of hydrogen-bond donors (Lipinski definition) is 3. The van der Waals surface area contributed by atoms with E-state index in [2.05, 4.69) is 15.4 Å². The first-order valence-corrected chi connectivity index (χ1v) is 8.67. The number of hydrogen-bond acceptors (Lipinski definition) is 4. The van der Waals surface area contributed by atoms with Crippen LogP contribution >= 0.6 is 0 Å². The van der Waals surface area contributed by atoms with Crippen LogP contribution in [0.4, 0.5) is 0 Å². The van der Waals surface area contributed by atoms with Crippen LogP contribution in [-0.2, 0) is 10.0 Å². The van der Waals surface area contributed by atoms with Crippen LogP contribution in [0.15, 0.2) is 29.2 Å². The molecule has 3 N–H and O–H groups in total. The Morgan fingerprint density at radius 3 is 2.67 bits per heavy atom. The van der Waals surface area contributed by atoms with E-state index in [9.17, 15) is 13.2 Å². The molecule has 1 amide bonds. The molecule has 0 aromatic heterocycles. The van der Waals surface area contributed by atoms with Crippen LogP contribution in [0.2, 0.25) is 0 Å². The predicted octanol–water partition coefficient (Wildman–Crippen LogP) is 0.219. The number of sulfonamides is 1. The topological polar surface area (TPSA) is 87.3 Å². The van der Waals surface area contributed by atoms with Gasteiger partial charge in [0.05, 0.1) is 4.90 Å². The Hall–Kier alpha value is -1.44. The molecule has 1 aliphatic heterocycles. The first-order chi connectivity index (χ1) is 10.0. The molecule has 21 heavy (non-hydrogen) atoms. The summed E-state index contributed by atoms with van der Waals surface area (Å²) >= 11 is 0. The van der Waals surface area contributed by atoms with E-state index in [1.165, 1.54) is 12.1 Å². The summed E-state index contributed by atoms with van der Waals surface area (Å²) in [5, 5.41) is 6.08. The van der Waals surface area contributed by atoms with E-state index in [0.29, 0.717) is 5.56 Å². The summed E-state index contributed by atoms with van der Waals surface area (Å²) < 4.78 is 26.9. The van der Waals surface area contributed by atoms with Crippen molar-refractivity contribution in [2.45, 2.75) is 36.2 Å². The van der Waals surface area contributed by atoms with Gasteiger partial charge < -0.3 is 10.6 Å². The summed E-state index contributed by atoms with van der Waals surface area (Å²) in [6, 6.07) is 6.34. The molecule has 1 aliphatic carbocycles. The van der Waals surface area contributed by atoms with Gasteiger partial charge in [0.2, 0.25) is 10.0 Å². The zero-order chi connectivity index (χ0) is 14.9. The summed E-state index contributed by atoms with van der Waals surface area (Å²) in [6.45, 7) is 1.65. The average molecular weight is 309 g/mol. The Balaban J connectivity index is 1.74. The average Bonchev–Trinajstić information content (AvgIpc) is 3.11. The molecule has 1 aromatic carbocycles. The minimum Gasteiger partial charge on any atom is -0.348 e. The molecule has 7 heteroatoms. The molecule has 6 nitrogen and oxygen atoms in total. The molecule has 1 saturated heterocycles. The second kappa shape index (κ2) is 5.75. The first kappa shape index (κ1) is 14.5. The van der Waals surface area contributed by atoms with E-state index in [1.54, 1.807) is 12.1 Å². The van der Waals surface area contributed by atoms with Gasteiger partial charge in [-0.15, -0.1) is 0 Å². The fraction of sp³-hybridized carbons (Fsp3) is 0.500. The smallest absolute Gasteiger partial charge is 0.251 e. The molecule has 0 radical (unpaired) electrons. The van der Waals surface area contributed by atoms with Crippen LogP contribution in [0, 0.1) is 0 Å². The number of amides is 1. The summed E-state index contributed by atoms with van der Waals surface area (Å²) in [7, 11) is -3.52. The van der Waals surface area contributed by atoms with Crippen molar-refractivity contribution >= 4 is 15.9 Å². The van der Waals surface area contributed by atoms with E-state index in [0.717, 1.165) is 32.4 Å². The van der Waals surface area contributed by atoms with Gasteiger partial charge in [0.1, 0.15) is 0 Å². The quantitative estimate of drug-likeness (QED) is 0.726. The van der Waals surface area contributed by atoms with Crippen molar-refractivity contribution in [1.82, 2.24) is 15.4 Å². The number of benzene rings is 1. The first-order valence-electron chi connectivity index (χ1n) is 7.18. The molecular weight excluding hydrogens is 290 g/mol. The van der Waals surface area contributed by atoms with E-state index in [1.807, 2.05) is 0 Å². The van der Waals surface area contributed by atoms with E-state index in [4.69, 9.17) is 0 Å². The van der Waals surface area contributed by atoms with Gasteiger partial charge in [-0.2, -0.15) is 0 Å². The maximum atomic E-state index is 12.2. The van der Waals surface area contributed by atoms with Crippen LogP contribution in [0.3, 0.4) is 0 Å². The van der Waals surface area contributed by atoms with Crippen molar-refractivity contribution in [3.05, 3.63) is 29.8 Å². The normalized spacial score (nSPS) is 22.2. The molecule has 1 saturated carbocycles. The number of carbonyl (C=O) groups is 1. The Morgan fingerprint density at radius 1 is 1.19 bits per heavy atom. The molecule has 3 rings (SSSR count). The number of nitrogens with one attached hydrogen (secondary N) is 3. The molecule has 0 spiro atoms. The molecule has 1 atom stereocenters. The van der Waals surface area contributed by atoms with Gasteiger partial charge in [0.25, 0.3) is 5.91 Å². The van der Waals surface area contributed by atoms with Crippen LogP contribution in [0.1, 0.15) is 29.6 Å². The van der Waals surface area contributed by atoms with Crippen molar-refractivity contribution in [2.24, 2.45) is 0 Å². The lowest BCUT2D eigenvalue weighted by atomic mass is 10.2. The van der Waals surface area contributed by atoms with Crippen LogP contribution in [0.5, 0.6) is 0 Å². The lowest BCUT2D eigenvalue weighted by Gasteiger charge is -2.12. The molecule has 0 bridgehead atoms. The van der Waals surface area contributed by atoms with Gasteiger partial charge in [-0.05, 0) is 44.0 Å². The SMILES string of the molecule is O=C(NC1CCNC1)c1cccc(S(=O)(=O)NC2CC2)c1. The van der Waals surface area contributed by atoms with E-state index < -0.39 is 10.0 Å². The Morgan fingerprint density at radius 2 is 2.00 bits per heavy atom. The summed E-state index contributed by atoms with van der Waals surface area (Å²) in [5.74, 6) is -0.229. The van der Waals surface area contributed by atoms with Gasteiger partial charge in [-0.3, -0.25) is 4.79 Å². The standard InChI is InChI=1S/C14H19N3O3S/c18-14(16-12-6-7-15-9-12)10-2-1-3-13(8-10)21(19,20)17-11-4-5-11/h1-3,8,11-12,15,17H,4-7,9H2,(H,16,18). The van der Waals surface area contributed by atoms with Gasteiger partial charge in [-0.1, -0.05) is 6.07 Å². The zero-order valence-electron chi connectivity index (χ0n) is 11.6.